The molecule has 0 aliphatic carbocycles. The van der Waals surface area contributed by atoms with E-state index in [2.05, 4.69) is 20.2 Å². The van der Waals surface area contributed by atoms with Crippen molar-refractivity contribution in [1.82, 2.24) is 24.8 Å². The summed E-state index contributed by atoms with van der Waals surface area (Å²) in [7, 11) is 0. The fourth-order valence-electron chi connectivity index (χ4n) is 3.38. The highest BCUT2D eigenvalue weighted by molar-refractivity contribution is 7.13. The van der Waals surface area contributed by atoms with Crippen LogP contribution in [0.4, 0.5) is 10.9 Å². The van der Waals surface area contributed by atoms with Gasteiger partial charge in [-0.3, -0.25) is 9.88 Å². The molecule has 0 amide bonds. The van der Waals surface area contributed by atoms with Crippen LogP contribution in [0.1, 0.15) is 42.5 Å². The minimum absolute atomic E-state index is 0.188. The van der Waals surface area contributed by atoms with Gasteiger partial charge < -0.3 is 5.32 Å². The van der Waals surface area contributed by atoms with Crippen molar-refractivity contribution in [3.63, 3.8) is 0 Å². The number of anilines is 2. The number of pyridine rings is 1. The number of thiazole rings is 1. The highest BCUT2D eigenvalue weighted by Gasteiger charge is 2.27. The number of halogens is 1. The third kappa shape index (κ3) is 4.61. The van der Waals surface area contributed by atoms with Crippen LogP contribution < -0.4 is 5.32 Å². The maximum absolute atomic E-state index is 5.96. The monoisotopic (exact) mass is 400 g/mol. The van der Waals surface area contributed by atoms with Crippen LogP contribution in [-0.2, 0) is 6.54 Å². The molecule has 0 aromatic carbocycles. The van der Waals surface area contributed by atoms with Gasteiger partial charge in [0.05, 0.1) is 16.8 Å². The van der Waals surface area contributed by atoms with Crippen LogP contribution in [0.2, 0.25) is 5.02 Å². The molecule has 140 valence electrons. The van der Waals surface area contributed by atoms with Crippen molar-refractivity contribution in [3.05, 3.63) is 58.2 Å². The molecule has 0 spiro atoms. The lowest BCUT2D eigenvalue weighted by Gasteiger charge is -2.34. The van der Waals surface area contributed by atoms with E-state index in [-0.39, 0.29) is 6.04 Å². The van der Waals surface area contributed by atoms with Gasteiger partial charge in [0.25, 0.3) is 0 Å². The summed E-state index contributed by atoms with van der Waals surface area (Å²) >= 11 is 7.52. The lowest BCUT2D eigenvalue weighted by Crippen LogP contribution is -2.34. The summed E-state index contributed by atoms with van der Waals surface area (Å²) in [5.41, 5.74) is 1.97. The third-order valence-corrected chi connectivity index (χ3v) is 5.52. The fourth-order valence-corrected chi connectivity index (χ4v) is 4.03. The maximum atomic E-state index is 5.96. The Balaban J connectivity index is 1.57. The third-order valence-electron chi connectivity index (χ3n) is 4.60. The first kappa shape index (κ1) is 18.3. The van der Waals surface area contributed by atoms with E-state index in [1.165, 1.54) is 12.8 Å². The van der Waals surface area contributed by atoms with Crippen molar-refractivity contribution < 1.29 is 0 Å². The topological polar surface area (TPSA) is 66.8 Å². The van der Waals surface area contributed by atoms with Gasteiger partial charge in [-0.05, 0) is 38.4 Å². The van der Waals surface area contributed by atoms with Crippen LogP contribution in [0.3, 0.4) is 0 Å². The summed E-state index contributed by atoms with van der Waals surface area (Å²) in [5.74, 6) is 1.66. The van der Waals surface area contributed by atoms with E-state index in [1.54, 1.807) is 23.7 Å². The molecule has 3 aromatic rings. The summed E-state index contributed by atoms with van der Waals surface area (Å²) in [6.07, 6.45) is 6.90. The van der Waals surface area contributed by atoms with Gasteiger partial charge in [0.1, 0.15) is 11.6 Å². The summed E-state index contributed by atoms with van der Waals surface area (Å²) in [5, 5.41) is 6.73. The van der Waals surface area contributed by atoms with E-state index in [9.17, 15) is 0 Å². The Labute approximate surface area is 167 Å². The molecule has 4 heterocycles. The molecule has 1 aliphatic rings. The lowest BCUT2D eigenvalue weighted by atomic mass is 10.0. The highest BCUT2D eigenvalue weighted by Crippen LogP contribution is 2.31. The molecule has 1 unspecified atom stereocenters. The first-order chi connectivity index (χ1) is 13.2. The first-order valence-electron chi connectivity index (χ1n) is 9.04. The van der Waals surface area contributed by atoms with E-state index < -0.39 is 0 Å². The summed E-state index contributed by atoms with van der Waals surface area (Å²) < 4.78 is 0. The Morgan fingerprint density at radius 1 is 1.26 bits per heavy atom. The smallest absolute Gasteiger partial charge is 0.188 e. The van der Waals surface area contributed by atoms with Crippen LogP contribution in [0.5, 0.6) is 0 Å². The van der Waals surface area contributed by atoms with Crippen molar-refractivity contribution in [2.24, 2.45) is 0 Å². The second kappa shape index (κ2) is 8.29. The minimum atomic E-state index is 0.188. The molecule has 1 aliphatic heterocycles. The Morgan fingerprint density at radius 3 is 2.96 bits per heavy atom. The summed E-state index contributed by atoms with van der Waals surface area (Å²) in [6, 6.07) is 6.02. The lowest BCUT2D eigenvalue weighted by molar-refractivity contribution is 0.132. The van der Waals surface area contributed by atoms with E-state index in [4.69, 9.17) is 21.6 Å². The number of aryl methyl sites for hydroxylation is 1. The summed E-state index contributed by atoms with van der Waals surface area (Å²) in [6.45, 7) is 3.79. The molecule has 0 radical (unpaired) electrons. The Kier molecular flexibility index (Phi) is 5.61. The predicted octanol–water partition coefficient (Wildman–Crippen LogP) is 4.76. The molecule has 0 saturated carbocycles. The number of likely N-dealkylation sites (tertiary alicyclic amines) is 1. The van der Waals surface area contributed by atoms with E-state index >= 15 is 0 Å². The van der Waals surface area contributed by atoms with Gasteiger partial charge in [0.2, 0.25) is 0 Å². The molecule has 27 heavy (non-hydrogen) atoms. The van der Waals surface area contributed by atoms with E-state index in [1.807, 2.05) is 30.5 Å². The fraction of sp³-hybridized carbons (Fsp3) is 0.368. The number of nitrogens with one attached hydrogen (secondary N) is 1. The van der Waals surface area contributed by atoms with Crippen LogP contribution >= 0.6 is 22.9 Å². The zero-order chi connectivity index (χ0) is 18.6. The number of piperidine rings is 1. The van der Waals surface area contributed by atoms with Crippen molar-refractivity contribution in [1.29, 1.82) is 0 Å². The van der Waals surface area contributed by atoms with Crippen molar-refractivity contribution in [3.8, 4) is 0 Å². The SMILES string of the molecule is Cc1cc(Nc2nccs2)nc(C2CCCCN2Cc2ccc(Cl)cn2)n1. The normalized spacial score (nSPS) is 17.8. The average molecular weight is 401 g/mol. The van der Waals surface area contributed by atoms with Gasteiger partial charge in [0.15, 0.2) is 5.13 Å². The van der Waals surface area contributed by atoms with Crippen molar-refractivity contribution in [2.45, 2.75) is 38.8 Å². The van der Waals surface area contributed by atoms with Crippen molar-refractivity contribution >= 4 is 33.9 Å². The maximum Gasteiger partial charge on any atom is 0.188 e. The second-order valence-electron chi connectivity index (χ2n) is 6.66. The summed E-state index contributed by atoms with van der Waals surface area (Å²) in [4.78, 5) is 20.7. The highest BCUT2D eigenvalue weighted by atomic mass is 35.5. The molecular formula is C19H21ClN6S. The minimum Gasteiger partial charge on any atom is -0.316 e. The van der Waals surface area contributed by atoms with Crippen LogP contribution in [-0.4, -0.2) is 31.4 Å². The van der Waals surface area contributed by atoms with Crippen LogP contribution in [0.15, 0.2) is 36.0 Å². The largest absolute Gasteiger partial charge is 0.316 e. The average Bonchev–Trinajstić information content (AvgIpc) is 3.16. The molecule has 1 fully saturated rings. The van der Waals surface area contributed by atoms with E-state index in [0.717, 1.165) is 47.7 Å². The number of hydrogen-bond donors (Lipinski definition) is 1. The van der Waals surface area contributed by atoms with E-state index in [0.29, 0.717) is 5.02 Å². The molecule has 1 saturated heterocycles. The van der Waals surface area contributed by atoms with Gasteiger partial charge in [-0.15, -0.1) is 11.3 Å². The number of hydrogen-bond acceptors (Lipinski definition) is 7. The number of rotatable bonds is 5. The second-order valence-corrected chi connectivity index (χ2v) is 8.00. The molecule has 3 aromatic heterocycles. The first-order valence-corrected chi connectivity index (χ1v) is 10.3. The molecule has 6 nitrogen and oxygen atoms in total. The van der Waals surface area contributed by atoms with Gasteiger partial charge in [-0.2, -0.15) is 0 Å². The Bertz CT molecular complexity index is 884. The number of aromatic nitrogens is 4. The zero-order valence-electron chi connectivity index (χ0n) is 15.1. The quantitative estimate of drug-likeness (QED) is 0.665. The zero-order valence-corrected chi connectivity index (χ0v) is 16.7. The van der Waals surface area contributed by atoms with Crippen molar-refractivity contribution in [2.75, 3.05) is 11.9 Å². The van der Waals surface area contributed by atoms with Crippen LogP contribution in [0.25, 0.3) is 0 Å². The van der Waals surface area contributed by atoms with Gasteiger partial charge >= 0.3 is 0 Å². The molecule has 0 bridgehead atoms. The van der Waals surface area contributed by atoms with Gasteiger partial charge in [-0.25, -0.2) is 15.0 Å². The molecule has 8 heteroatoms. The molecule has 1 atom stereocenters. The Morgan fingerprint density at radius 2 is 2.19 bits per heavy atom. The number of nitrogens with zero attached hydrogens (tertiary/aromatic N) is 5. The van der Waals surface area contributed by atoms with Gasteiger partial charge in [0, 0.05) is 36.1 Å². The molecule has 1 N–H and O–H groups in total. The van der Waals surface area contributed by atoms with Gasteiger partial charge in [-0.1, -0.05) is 18.0 Å². The standard InChI is InChI=1S/C19H21ClN6S/c1-13-10-17(25-19-21-7-9-27-19)24-18(23-13)16-4-2-3-8-26(16)12-15-6-5-14(20)11-22-15/h5-7,9-11,16H,2-4,8,12H2,1H3,(H,21,23,24,25). The molecule has 4 rings (SSSR count). The molecular weight excluding hydrogens is 380 g/mol. The predicted molar refractivity (Wildman–Crippen MR) is 108 cm³/mol. The van der Waals surface area contributed by atoms with Crippen LogP contribution in [0, 0.1) is 6.92 Å². The Hall–Kier alpha value is -2.09.